The van der Waals surface area contributed by atoms with Gasteiger partial charge in [-0.2, -0.15) is 0 Å². The number of hydrogen-bond donors (Lipinski definition) is 1. The molecule has 0 spiro atoms. The molecule has 0 aromatic heterocycles. The molecule has 1 N–H and O–H groups in total. The molecule has 0 fully saturated rings. The summed E-state index contributed by atoms with van der Waals surface area (Å²) in [7, 11) is 4.70. The Labute approximate surface area is 222 Å². The third-order valence-electron chi connectivity index (χ3n) is 6.39. The fourth-order valence-corrected chi connectivity index (χ4v) is 4.16. The molecule has 1 aliphatic heterocycles. The Kier molecular flexibility index (Phi) is 8.58. The van der Waals surface area contributed by atoms with Gasteiger partial charge < -0.3 is 33.9 Å². The lowest BCUT2D eigenvalue weighted by Gasteiger charge is -2.29. The van der Waals surface area contributed by atoms with Crippen LogP contribution in [-0.4, -0.2) is 50.9 Å². The van der Waals surface area contributed by atoms with E-state index in [1.165, 1.54) is 0 Å². The van der Waals surface area contributed by atoms with Crippen molar-refractivity contribution in [3.8, 4) is 28.7 Å². The Hall–Kier alpha value is -4.40. The first-order valence-corrected chi connectivity index (χ1v) is 12.2. The SMILES string of the molecule is COc1ccc(CN(C(=O)Cc2ccc(OC)c(OC)c2)[C@@H](C)C(=O)NCc2ccc3c(c2)OCO3)cc1. The highest BCUT2D eigenvalue weighted by atomic mass is 16.7. The number of nitrogens with zero attached hydrogens (tertiary/aromatic N) is 1. The summed E-state index contributed by atoms with van der Waals surface area (Å²) in [5.41, 5.74) is 2.50. The molecule has 1 heterocycles. The summed E-state index contributed by atoms with van der Waals surface area (Å²) < 4.78 is 26.7. The summed E-state index contributed by atoms with van der Waals surface area (Å²) in [5, 5.41) is 2.94. The fraction of sp³-hybridized carbons (Fsp3) is 0.310. The standard InChI is InChI=1S/C29H32N2O7/c1-19(29(33)30-16-22-8-12-25-27(14-22)38-18-37-25)31(17-20-5-9-23(34-2)10-6-20)28(32)15-21-7-11-24(35-3)26(13-21)36-4/h5-14,19H,15-18H2,1-4H3,(H,30,33)/t19-/m0/s1. The van der Waals surface area contributed by atoms with E-state index in [1.54, 1.807) is 45.3 Å². The maximum atomic E-state index is 13.6. The number of carbonyl (C=O) groups excluding carboxylic acids is 2. The molecule has 0 saturated heterocycles. The van der Waals surface area contributed by atoms with Crippen molar-refractivity contribution in [3.63, 3.8) is 0 Å². The van der Waals surface area contributed by atoms with Crippen molar-refractivity contribution in [1.82, 2.24) is 10.2 Å². The van der Waals surface area contributed by atoms with E-state index in [0.29, 0.717) is 35.3 Å². The lowest BCUT2D eigenvalue weighted by Crippen LogP contribution is -2.48. The van der Waals surface area contributed by atoms with E-state index in [0.717, 1.165) is 16.7 Å². The number of methoxy groups -OCH3 is 3. The van der Waals surface area contributed by atoms with Crippen LogP contribution >= 0.6 is 0 Å². The molecule has 4 rings (SSSR count). The van der Waals surface area contributed by atoms with Crippen LogP contribution in [0.25, 0.3) is 0 Å². The first-order chi connectivity index (χ1) is 18.4. The molecule has 0 aliphatic carbocycles. The maximum Gasteiger partial charge on any atom is 0.242 e. The highest BCUT2D eigenvalue weighted by Crippen LogP contribution is 2.32. The van der Waals surface area contributed by atoms with Gasteiger partial charge in [0, 0.05) is 13.1 Å². The van der Waals surface area contributed by atoms with Crippen LogP contribution in [0.1, 0.15) is 23.6 Å². The Balaban J connectivity index is 1.49. The molecule has 200 valence electrons. The maximum absolute atomic E-state index is 13.6. The molecule has 38 heavy (non-hydrogen) atoms. The summed E-state index contributed by atoms with van der Waals surface area (Å²) in [6.45, 7) is 2.46. The highest BCUT2D eigenvalue weighted by molar-refractivity contribution is 5.88. The van der Waals surface area contributed by atoms with E-state index in [4.69, 9.17) is 23.7 Å². The molecule has 0 unspecified atom stereocenters. The monoisotopic (exact) mass is 520 g/mol. The van der Waals surface area contributed by atoms with E-state index >= 15 is 0 Å². The van der Waals surface area contributed by atoms with E-state index in [9.17, 15) is 9.59 Å². The van der Waals surface area contributed by atoms with Gasteiger partial charge in [0.05, 0.1) is 27.8 Å². The third kappa shape index (κ3) is 6.29. The molecule has 3 aromatic carbocycles. The molecular formula is C29H32N2O7. The molecule has 0 radical (unpaired) electrons. The normalized spacial score (nSPS) is 12.4. The molecule has 9 heteroatoms. The van der Waals surface area contributed by atoms with E-state index in [1.807, 2.05) is 48.5 Å². The van der Waals surface area contributed by atoms with Crippen LogP contribution in [0.4, 0.5) is 0 Å². The minimum atomic E-state index is -0.723. The van der Waals surface area contributed by atoms with Gasteiger partial charge >= 0.3 is 0 Å². The predicted octanol–water partition coefficient (Wildman–Crippen LogP) is 3.72. The van der Waals surface area contributed by atoms with Crippen molar-refractivity contribution in [2.24, 2.45) is 0 Å². The summed E-state index contributed by atoms with van der Waals surface area (Å²) in [6, 6.07) is 17.6. The second-order valence-corrected chi connectivity index (χ2v) is 8.82. The van der Waals surface area contributed by atoms with Gasteiger partial charge in [0.2, 0.25) is 18.6 Å². The van der Waals surface area contributed by atoms with Crippen LogP contribution in [0.2, 0.25) is 0 Å². The third-order valence-corrected chi connectivity index (χ3v) is 6.39. The molecule has 3 aromatic rings. The lowest BCUT2D eigenvalue weighted by molar-refractivity contribution is -0.140. The second-order valence-electron chi connectivity index (χ2n) is 8.82. The first-order valence-electron chi connectivity index (χ1n) is 12.2. The molecule has 1 aliphatic rings. The van der Waals surface area contributed by atoms with Crippen LogP contribution in [-0.2, 0) is 29.1 Å². The van der Waals surface area contributed by atoms with Crippen molar-refractivity contribution >= 4 is 11.8 Å². The second kappa shape index (κ2) is 12.2. The van der Waals surface area contributed by atoms with E-state index in [2.05, 4.69) is 5.32 Å². The summed E-state index contributed by atoms with van der Waals surface area (Å²) >= 11 is 0. The number of benzene rings is 3. The zero-order valence-electron chi connectivity index (χ0n) is 22.0. The molecule has 0 saturated carbocycles. The molecule has 9 nitrogen and oxygen atoms in total. The Bertz CT molecular complexity index is 1280. The summed E-state index contributed by atoms with van der Waals surface area (Å²) in [6.07, 6.45) is 0.0935. The van der Waals surface area contributed by atoms with Gasteiger partial charge in [-0.05, 0) is 60.0 Å². The van der Waals surface area contributed by atoms with Gasteiger partial charge in [-0.1, -0.05) is 24.3 Å². The van der Waals surface area contributed by atoms with Crippen LogP contribution in [0.5, 0.6) is 28.7 Å². The Morgan fingerprint density at radius 1 is 0.842 bits per heavy atom. The Morgan fingerprint density at radius 3 is 2.24 bits per heavy atom. The number of nitrogens with one attached hydrogen (secondary N) is 1. The van der Waals surface area contributed by atoms with Crippen LogP contribution in [0.3, 0.4) is 0 Å². The van der Waals surface area contributed by atoms with Crippen molar-refractivity contribution in [2.75, 3.05) is 28.1 Å². The zero-order valence-corrected chi connectivity index (χ0v) is 22.0. The topological polar surface area (TPSA) is 95.6 Å². The largest absolute Gasteiger partial charge is 0.497 e. The van der Waals surface area contributed by atoms with Crippen LogP contribution in [0.15, 0.2) is 60.7 Å². The van der Waals surface area contributed by atoms with Crippen LogP contribution < -0.4 is 29.0 Å². The number of hydrogen-bond acceptors (Lipinski definition) is 7. The number of amides is 2. The fourth-order valence-electron chi connectivity index (χ4n) is 4.16. The van der Waals surface area contributed by atoms with Gasteiger partial charge in [-0.15, -0.1) is 0 Å². The summed E-state index contributed by atoms with van der Waals surface area (Å²) in [4.78, 5) is 28.3. The lowest BCUT2D eigenvalue weighted by atomic mass is 10.1. The predicted molar refractivity (Wildman–Crippen MR) is 141 cm³/mol. The quantitative estimate of drug-likeness (QED) is 0.412. The number of ether oxygens (including phenoxy) is 5. The van der Waals surface area contributed by atoms with Crippen molar-refractivity contribution in [1.29, 1.82) is 0 Å². The highest BCUT2D eigenvalue weighted by Gasteiger charge is 2.26. The van der Waals surface area contributed by atoms with Gasteiger partial charge in [-0.25, -0.2) is 0 Å². The average Bonchev–Trinajstić information content (AvgIpc) is 3.42. The zero-order chi connectivity index (χ0) is 27.1. The molecular weight excluding hydrogens is 488 g/mol. The number of carbonyl (C=O) groups is 2. The van der Waals surface area contributed by atoms with Crippen LogP contribution in [0, 0.1) is 0 Å². The number of rotatable bonds is 11. The molecule has 0 bridgehead atoms. The van der Waals surface area contributed by atoms with Gasteiger partial charge in [0.25, 0.3) is 0 Å². The van der Waals surface area contributed by atoms with Crippen molar-refractivity contribution in [3.05, 3.63) is 77.4 Å². The summed E-state index contributed by atoms with van der Waals surface area (Å²) in [5.74, 6) is 2.70. The van der Waals surface area contributed by atoms with Crippen molar-refractivity contribution in [2.45, 2.75) is 32.5 Å². The molecule has 2 amide bonds. The van der Waals surface area contributed by atoms with Crippen molar-refractivity contribution < 1.29 is 33.3 Å². The number of fused-ring (bicyclic) bond motifs is 1. The first kappa shape index (κ1) is 26.7. The van der Waals surface area contributed by atoms with E-state index in [-0.39, 0.29) is 31.6 Å². The van der Waals surface area contributed by atoms with E-state index < -0.39 is 6.04 Å². The van der Waals surface area contributed by atoms with Gasteiger partial charge in [0.1, 0.15) is 11.8 Å². The molecule has 1 atom stereocenters. The minimum Gasteiger partial charge on any atom is -0.497 e. The van der Waals surface area contributed by atoms with Gasteiger partial charge in [0.15, 0.2) is 23.0 Å². The minimum absolute atomic E-state index is 0.0935. The average molecular weight is 521 g/mol. The smallest absolute Gasteiger partial charge is 0.242 e. The Morgan fingerprint density at radius 2 is 1.53 bits per heavy atom. The van der Waals surface area contributed by atoms with Gasteiger partial charge in [-0.3, -0.25) is 9.59 Å².